The Bertz CT molecular complexity index is 871. The maximum atomic E-state index is 12.2. The first-order chi connectivity index (χ1) is 12.8. The van der Waals surface area contributed by atoms with Gasteiger partial charge in [0.25, 0.3) is 0 Å². The summed E-state index contributed by atoms with van der Waals surface area (Å²) in [5, 5.41) is 3.92. The lowest BCUT2D eigenvalue weighted by atomic mass is 10.1. The highest BCUT2D eigenvalue weighted by Crippen LogP contribution is 2.18. The summed E-state index contributed by atoms with van der Waals surface area (Å²) in [5.74, 6) is -0.344. The van der Waals surface area contributed by atoms with Crippen molar-refractivity contribution in [3.8, 4) is 0 Å². The minimum Gasteiger partial charge on any atom is -0.355 e. The van der Waals surface area contributed by atoms with Crippen LogP contribution < -0.4 is 5.32 Å². The molecule has 0 radical (unpaired) electrons. The van der Waals surface area contributed by atoms with Gasteiger partial charge in [-0.2, -0.15) is 4.31 Å². The van der Waals surface area contributed by atoms with Crippen LogP contribution >= 0.6 is 23.2 Å². The van der Waals surface area contributed by atoms with Crippen LogP contribution in [0.25, 0.3) is 0 Å². The average Bonchev–Trinajstić information content (AvgIpc) is 2.60. The van der Waals surface area contributed by atoms with E-state index in [4.69, 9.17) is 23.2 Å². The molecule has 1 N–H and O–H groups in total. The molecule has 0 aromatic heterocycles. The molecule has 0 saturated heterocycles. The zero-order chi connectivity index (χ0) is 19.9. The zero-order valence-corrected chi connectivity index (χ0v) is 17.3. The first-order valence-corrected chi connectivity index (χ1v) is 11.1. The standard InChI is InChI=1S/C19H22Cl2N2O3S/c1-27(25,26)23(13-16-6-2-3-7-18(16)21)14-19(24)22-12-4-5-15-8-10-17(20)11-9-15/h2-3,6-11H,4-5,12-14H2,1H3,(H,22,24). The van der Waals surface area contributed by atoms with Gasteiger partial charge in [0.1, 0.15) is 0 Å². The predicted molar refractivity (Wildman–Crippen MR) is 109 cm³/mol. The van der Waals surface area contributed by atoms with Gasteiger partial charge in [0.05, 0.1) is 12.8 Å². The summed E-state index contributed by atoms with van der Waals surface area (Å²) in [6.07, 6.45) is 2.63. The van der Waals surface area contributed by atoms with E-state index >= 15 is 0 Å². The Morgan fingerprint density at radius 2 is 1.74 bits per heavy atom. The molecule has 0 bridgehead atoms. The van der Waals surface area contributed by atoms with Crippen LogP contribution in [0.2, 0.25) is 10.0 Å². The van der Waals surface area contributed by atoms with E-state index in [2.05, 4.69) is 5.32 Å². The first kappa shape index (κ1) is 21.7. The van der Waals surface area contributed by atoms with Crippen LogP contribution in [0.3, 0.4) is 0 Å². The first-order valence-electron chi connectivity index (χ1n) is 8.45. The van der Waals surface area contributed by atoms with Gasteiger partial charge in [-0.1, -0.05) is 53.5 Å². The van der Waals surface area contributed by atoms with Crippen LogP contribution in [-0.4, -0.2) is 38.0 Å². The largest absolute Gasteiger partial charge is 0.355 e. The number of amides is 1. The predicted octanol–water partition coefficient (Wildman–Crippen LogP) is 3.50. The van der Waals surface area contributed by atoms with Gasteiger partial charge in [-0.25, -0.2) is 8.42 Å². The number of carbonyl (C=O) groups excluding carboxylic acids is 1. The quantitative estimate of drug-likeness (QED) is 0.621. The van der Waals surface area contributed by atoms with Crippen LogP contribution in [0, 0.1) is 0 Å². The van der Waals surface area contributed by atoms with Crippen LogP contribution in [0.4, 0.5) is 0 Å². The SMILES string of the molecule is CS(=O)(=O)N(CC(=O)NCCCc1ccc(Cl)cc1)Cc1ccccc1Cl. The van der Waals surface area contributed by atoms with Crippen molar-refractivity contribution >= 4 is 39.1 Å². The van der Waals surface area contributed by atoms with Gasteiger partial charge >= 0.3 is 0 Å². The van der Waals surface area contributed by atoms with Gasteiger partial charge < -0.3 is 5.32 Å². The van der Waals surface area contributed by atoms with Gasteiger partial charge in [0, 0.05) is 23.1 Å². The summed E-state index contributed by atoms with van der Waals surface area (Å²) in [7, 11) is -3.55. The molecule has 0 aliphatic carbocycles. The number of hydrogen-bond acceptors (Lipinski definition) is 3. The van der Waals surface area contributed by atoms with Gasteiger partial charge in [-0.05, 0) is 42.2 Å². The third-order valence-corrected chi connectivity index (χ3v) is 5.79. The summed E-state index contributed by atoms with van der Waals surface area (Å²) >= 11 is 11.9. The average molecular weight is 429 g/mol. The second-order valence-corrected chi connectivity index (χ2v) is 9.03. The van der Waals surface area contributed by atoms with E-state index in [9.17, 15) is 13.2 Å². The van der Waals surface area contributed by atoms with Crippen molar-refractivity contribution in [2.45, 2.75) is 19.4 Å². The molecular formula is C19H22Cl2N2O3S. The zero-order valence-electron chi connectivity index (χ0n) is 15.0. The molecule has 1 amide bonds. The van der Waals surface area contributed by atoms with Crippen molar-refractivity contribution in [3.63, 3.8) is 0 Å². The Kier molecular flexibility index (Phi) is 8.10. The van der Waals surface area contributed by atoms with E-state index in [1.165, 1.54) is 0 Å². The molecule has 8 heteroatoms. The number of aryl methyl sites for hydroxylation is 1. The Balaban J connectivity index is 1.85. The van der Waals surface area contributed by atoms with Crippen molar-refractivity contribution in [2.24, 2.45) is 0 Å². The molecule has 0 aliphatic heterocycles. The molecule has 5 nitrogen and oxygen atoms in total. The van der Waals surface area contributed by atoms with Crippen LogP contribution in [0.15, 0.2) is 48.5 Å². The highest BCUT2D eigenvalue weighted by molar-refractivity contribution is 7.88. The Hall–Kier alpha value is -1.60. The monoisotopic (exact) mass is 428 g/mol. The summed E-state index contributed by atoms with van der Waals surface area (Å²) in [4.78, 5) is 12.2. The second-order valence-electron chi connectivity index (χ2n) is 6.20. The Labute approximate surface area is 170 Å². The van der Waals surface area contributed by atoms with Gasteiger partial charge in [-0.3, -0.25) is 4.79 Å². The molecule has 0 atom stereocenters. The second kappa shape index (κ2) is 10.1. The third kappa shape index (κ3) is 7.50. The topological polar surface area (TPSA) is 66.5 Å². The van der Waals surface area contributed by atoms with Crippen molar-refractivity contribution in [1.82, 2.24) is 9.62 Å². The maximum absolute atomic E-state index is 12.2. The third-order valence-electron chi connectivity index (χ3n) is 3.97. The molecule has 0 unspecified atom stereocenters. The summed E-state index contributed by atoms with van der Waals surface area (Å²) in [6, 6.07) is 14.5. The van der Waals surface area contributed by atoms with Crippen molar-refractivity contribution in [2.75, 3.05) is 19.3 Å². The van der Waals surface area contributed by atoms with Crippen molar-refractivity contribution in [3.05, 3.63) is 69.7 Å². The fourth-order valence-corrected chi connectivity index (χ4v) is 3.54. The van der Waals surface area contributed by atoms with Gasteiger partial charge in [0.2, 0.25) is 15.9 Å². The molecule has 2 aromatic rings. The highest BCUT2D eigenvalue weighted by Gasteiger charge is 2.21. The fraction of sp³-hybridized carbons (Fsp3) is 0.316. The van der Waals surface area contributed by atoms with E-state index in [1.807, 2.05) is 24.3 Å². The number of rotatable bonds is 9. The molecule has 0 saturated carbocycles. The van der Waals surface area contributed by atoms with E-state index in [0.29, 0.717) is 22.2 Å². The van der Waals surface area contributed by atoms with Crippen LogP contribution in [0.5, 0.6) is 0 Å². The molecule has 2 rings (SSSR count). The van der Waals surface area contributed by atoms with E-state index in [-0.39, 0.29) is 19.0 Å². The lowest BCUT2D eigenvalue weighted by Crippen LogP contribution is -2.40. The lowest BCUT2D eigenvalue weighted by Gasteiger charge is -2.20. The number of sulfonamides is 1. The number of halogens is 2. The molecule has 0 heterocycles. The van der Waals surface area contributed by atoms with Crippen molar-refractivity contribution < 1.29 is 13.2 Å². The smallest absolute Gasteiger partial charge is 0.235 e. The highest BCUT2D eigenvalue weighted by atomic mass is 35.5. The minimum atomic E-state index is -3.55. The molecule has 0 aliphatic rings. The molecule has 27 heavy (non-hydrogen) atoms. The Morgan fingerprint density at radius 1 is 1.07 bits per heavy atom. The molecule has 2 aromatic carbocycles. The number of nitrogens with zero attached hydrogens (tertiary/aromatic N) is 1. The van der Waals surface area contributed by atoms with Crippen LogP contribution in [0.1, 0.15) is 17.5 Å². The summed E-state index contributed by atoms with van der Waals surface area (Å²) in [5.41, 5.74) is 1.78. The molecular weight excluding hydrogens is 407 g/mol. The van der Waals surface area contributed by atoms with Crippen LogP contribution in [-0.2, 0) is 27.8 Å². The minimum absolute atomic E-state index is 0.0523. The van der Waals surface area contributed by atoms with E-state index in [1.54, 1.807) is 24.3 Å². The van der Waals surface area contributed by atoms with Gasteiger partial charge in [-0.15, -0.1) is 0 Å². The van der Waals surface area contributed by atoms with E-state index < -0.39 is 10.0 Å². The summed E-state index contributed by atoms with van der Waals surface area (Å²) in [6.45, 7) is 0.271. The number of carbonyl (C=O) groups is 1. The van der Waals surface area contributed by atoms with E-state index in [0.717, 1.165) is 29.0 Å². The van der Waals surface area contributed by atoms with Gasteiger partial charge in [0.15, 0.2) is 0 Å². The molecule has 0 spiro atoms. The summed E-state index contributed by atoms with van der Waals surface area (Å²) < 4.78 is 25.1. The normalized spacial score (nSPS) is 11.6. The van der Waals surface area contributed by atoms with Crippen molar-refractivity contribution in [1.29, 1.82) is 0 Å². The number of benzene rings is 2. The molecule has 146 valence electrons. The lowest BCUT2D eigenvalue weighted by molar-refractivity contribution is -0.121. The Morgan fingerprint density at radius 3 is 2.37 bits per heavy atom. The number of hydrogen-bond donors (Lipinski definition) is 1. The maximum Gasteiger partial charge on any atom is 0.235 e. The molecule has 0 fully saturated rings. The number of nitrogens with one attached hydrogen (secondary N) is 1. The fourth-order valence-electron chi connectivity index (χ4n) is 2.49.